The first-order chi connectivity index (χ1) is 11.2. The lowest BCUT2D eigenvalue weighted by Gasteiger charge is -2.14. The Morgan fingerprint density at radius 1 is 0.870 bits per heavy atom. The molecule has 0 heterocycles. The number of carbonyl (C=O) groups excluding carboxylic acids is 2. The van der Waals surface area contributed by atoms with Crippen molar-refractivity contribution in [1.82, 2.24) is 0 Å². The Morgan fingerprint density at radius 3 is 1.91 bits per heavy atom. The van der Waals surface area contributed by atoms with E-state index in [4.69, 9.17) is 9.47 Å². The van der Waals surface area contributed by atoms with Gasteiger partial charge in [-0.25, -0.2) is 9.59 Å². The van der Waals surface area contributed by atoms with Gasteiger partial charge in [0.05, 0.1) is 13.2 Å². The third-order valence-corrected chi connectivity index (χ3v) is 3.41. The van der Waals surface area contributed by atoms with Crippen molar-refractivity contribution in [3.63, 3.8) is 0 Å². The van der Waals surface area contributed by atoms with E-state index >= 15 is 0 Å². The maximum atomic E-state index is 12.3. The van der Waals surface area contributed by atoms with E-state index in [-0.39, 0.29) is 18.8 Å². The molecule has 4 nitrogen and oxygen atoms in total. The highest BCUT2D eigenvalue weighted by molar-refractivity contribution is 6.20. The quantitative estimate of drug-likeness (QED) is 0.226. The van der Waals surface area contributed by atoms with Gasteiger partial charge >= 0.3 is 11.9 Å². The van der Waals surface area contributed by atoms with Crippen molar-refractivity contribution >= 4 is 17.5 Å². The average molecular weight is 318 g/mol. The van der Waals surface area contributed by atoms with Crippen molar-refractivity contribution in [2.24, 2.45) is 0 Å². The van der Waals surface area contributed by atoms with Crippen molar-refractivity contribution in [1.29, 1.82) is 0 Å². The first-order valence-corrected chi connectivity index (χ1v) is 8.28. The molecule has 0 saturated heterocycles. The summed E-state index contributed by atoms with van der Waals surface area (Å²) in [6, 6.07) is 9.49. The zero-order valence-corrected chi connectivity index (χ0v) is 14.3. The van der Waals surface area contributed by atoms with Crippen molar-refractivity contribution in [3.05, 3.63) is 41.5 Å². The molecule has 0 N–H and O–H groups in total. The van der Waals surface area contributed by atoms with Crippen LogP contribution in [0, 0.1) is 0 Å². The molecule has 0 aliphatic rings. The topological polar surface area (TPSA) is 52.6 Å². The first-order valence-electron chi connectivity index (χ1n) is 8.28. The van der Waals surface area contributed by atoms with Crippen molar-refractivity contribution in [2.45, 2.75) is 46.5 Å². The molecular formula is C19H26O4. The van der Waals surface area contributed by atoms with Crippen LogP contribution in [0.25, 0.3) is 5.57 Å². The molecule has 0 amide bonds. The van der Waals surface area contributed by atoms with E-state index in [0.29, 0.717) is 12.0 Å². The van der Waals surface area contributed by atoms with Crippen LogP contribution in [0.3, 0.4) is 0 Å². The number of rotatable bonds is 9. The molecule has 0 aromatic heterocycles. The van der Waals surface area contributed by atoms with Crippen LogP contribution in [0.4, 0.5) is 0 Å². The molecule has 0 radical (unpaired) electrons. The summed E-state index contributed by atoms with van der Waals surface area (Å²) in [6.07, 6.45) is 3.65. The molecule has 0 unspecified atom stereocenters. The van der Waals surface area contributed by atoms with Gasteiger partial charge in [0.15, 0.2) is 0 Å². The summed E-state index contributed by atoms with van der Waals surface area (Å²) in [6.45, 7) is 6.00. The summed E-state index contributed by atoms with van der Waals surface area (Å²) in [7, 11) is 0. The monoisotopic (exact) mass is 318 g/mol. The largest absolute Gasteiger partial charge is 0.462 e. The minimum Gasteiger partial charge on any atom is -0.462 e. The molecule has 1 aromatic rings. The summed E-state index contributed by atoms with van der Waals surface area (Å²) >= 11 is 0. The van der Waals surface area contributed by atoms with E-state index in [0.717, 1.165) is 24.8 Å². The van der Waals surface area contributed by atoms with Gasteiger partial charge in [0.25, 0.3) is 0 Å². The molecule has 0 atom stereocenters. The van der Waals surface area contributed by atoms with Gasteiger partial charge in [-0.05, 0) is 37.8 Å². The third kappa shape index (κ3) is 5.89. The second-order valence-corrected chi connectivity index (χ2v) is 5.12. The number of carbonyl (C=O) groups is 2. The van der Waals surface area contributed by atoms with Crippen LogP contribution in [0.5, 0.6) is 0 Å². The molecule has 4 heteroatoms. The third-order valence-electron chi connectivity index (χ3n) is 3.41. The van der Waals surface area contributed by atoms with Crippen molar-refractivity contribution < 1.29 is 19.1 Å². The Hall–Kier alpha value is -2.10. The van der Waals surface area contributed by atoms with Crippen molar-refractivity contribution in [2.75, 3.05) is 13.2 Å². The highest BCUT2D eigenvalue weighted by Crippen LogP contribution is 2.26. The van der Waals surface area contributed by atoms with Gasteiger partial charge in [-0.3, -0.25) is 0 Å². The Labute approximate surface area is 138 Å². The summed E-state index contributed by atoms with van der Waals surface area (Å²) in [4.78, 5) is 24.7. The van der Waals surface area contributed by atoms with Crippen LogP contribution in [0.2, 0.25) is 0 Å². The molecule has 126 valence electrons. The predicted octanol–water partition coefficient (Wildman–Crippen LogP) is 4.15. The lowest BCUT2D eigenvalue weighted by molar-refractivity contribution is -0.146. The van der Waals surface area contributed by atoms with Crippen LogP contribution in [-0.4, -0.2) is 25.2 Å². The van der Waals surface area contributed by atoms with Crippen LogP contribution in [0.1, 0.15) is 52.0 Å². The van der Waals surface area contributed by atoms with Gasteiger partial charge in [0.1, 0.15) is 5.57 Å². The Balaban J connectivity index is 3.31. The maximum absolute atomic E-state index is 12.3. The average Bonchev–Trinajstić information content (AvgIpc) is 2.55. The molecule has 0 bridgehead atoms. The van der Waals surface area contributed by atoms with Crippen molar-refractivity contribution in [3.8, 4) is 0 Å². The fourth-order valence-corrected chi connectivity index (χ4v) is 2.34. The number of hydrogen-bond acceptors (Lipinski definition) is 4. The second kappa shape index (κ2) is 10.6. The smallest absolute Gasteiger partial charge is 0.345 e. The standard InChI is InChI=1S/C19H26O4/c1-4-7-9-14-16(15-12-10-8-11-13-15)17(18(20)22-5-2)19(21)23-6-3/h8,10-13H,4-7,9,14H2,1-3H3. The van der Waals surface area contributed by atoms with E-state index in [2.05, 4.69) is 6.92 Å². The normalized spacial score (nSPS) is 10.0. The highest BCUT2D eigenvalue weighted by Gasteiger charge is 2.26. The minimum absolute atomic E-state index is 0.0241. The van der Waals surface area contributed by atoms with E-state index < -0.39 is 11.9 Å². The molecule has 23 heavy (non-hydrogen) atoms. The molecule has 1 aromatic carbocycles. The lowest BCUT2D eigenvalue weighted by atomic mass is 9.94. The number of allylic oxidation sites excluding steroid dienone is 1. The number of ether oxygens (including phenoxy) is 2. The minimum atomic E-state index is -0.610. The first kappa shape index (κ1) is 18.9. The van der Waals surface area contributed by atoms with Gasteiger partial charge in [0, 0.05) is 0 Å². The summed E-state index contributed by atoms with van der Waals surface area (Å²) < 4.78 is 10.2. The van der Waals surface area contributed by atoms with Crippen LogP contribution >= 0.6 is 0 Å². The number of benzene rings is 1. The second-order valence-electron chi connectivity index (χ2n) is 5.12. The molecule has 0 spiro atoms. The summed E-state index contributed by atoms with van der Waals surface area (Å²) in [5.74, 6) is -1.22. The van der Waals surface area contributed by atoms with E-state index in [1.165, 1.54) is 0 Å². The zero-order chi connectivity index (χ0) is 17.1. The van der Waals surface area contributed by atoms with E-state index in [9.17, 15) is 9.59 Å². The molecular weight excluding hydrogens is 292 g/mol. The van der Waals surface area contributed by atoms with Gasteiger partial charge in [-0.15, -0.1) is 0 Å². The molecule has 0 aliphatic heterocycles. The fourth-order valence-electron chi connectivity index (χ4n) is 2.34. The lowest BCUT2D eigenvalue weighted by Crippen LogP contribution is -2.20. The summed E-state index contributed by atoms with van der Waals surface area (Å²) in [5, 5.41) is 0. The van der Waals surface area contributed by atoms with E-state index in [1.54, 1.807) is 13.8 Å². The van der Waals surface area contributed by atoms with E-state index in [1.807, 2.05) is 30.3 Å². The van der Waals surface area contributed by atoms with Crippen LogP contribution in [0.15, 0.2) is 35.9 Å². The zero-order valence-electron chi connectivity index (χ0n) is 14.3. The van der Waals surface area contributed by atoms with Crippen LogP contribution in [-0.2, 0) is 19.1 Å². The number of unbranched alkanes of at least 4 members (excludes halogenated alkanes) is 2. The Bertz CT molecular complexity index is 512. The Morgan fingerprint density at radius 2 is 1.43 bits per heavy atom. The Kier molecular flexibility index (Phi) is 8.73. The van der Waals surface area contributed by atoms with Gasteiger partial charge in [-0.1, -0.05) is 50.1 Å². The van der Waals surface area contributed by atoms with Gasteiger partial charge in [0.2, 0.25) is 0 Å². The maximum Gasteiger partial charge on any atom is 0.345 e. The number of hydrogen-bond donors (Lipinski definition) is 0. The van der Waals surface area contributed by atoms with Gasteiger partial charge < -0.3 is 9.47 Å². The molecule has 0 aliphatic carbocycles. The number of esters is 2. The SMILES string of the molecule is CCCCCC(=C(C(=O)OCC)C(=O)OCC)c1ccccc1. The highest BCUT2D eigenvalue weighted by atomic mass is 16.6. The molecule has 1 rings (SSSR count). The summed E-state index contributed by atoms with van der Waals surface area (Å²) in [5.41, 5.74) is 1.59. The van der Waals surface area contributed by atoms with Crippen LogP contribution < -0.4 is 0 Å². The van der Waals surface area contributed by atoms with Gasteiger partial charge in [-0.2, -0.15) is 0 Å². The molecule has 0 saturated carbocycles. The molecule has 0 fully saturated rings. The fraction of sp³-hybridized carbons (Fsp3) is 0.474. The predicted molar refractivity (Wildman–Crippen MR) is 90.8 cm³/mol.